The normalized spacial score (nSPS) is 33.9. The lowest BCUT2D eigenvalue weighted by atomic mass is 10.1. The van der Waals surface area contributed by atoms with Gasteiger partial charge < -0.3 is 9.47 Å². The summed E-state index contributed by atoms with van der Waals surface area (Å²) >= 11 is 0. The maximum Gasteiger partial charge on any atom is 0.312 e. The van der Waals surface area contributed by atoms with E-state index in [1.54, 1.807) is 7.11 Å². The van der Waals surface area contributed by atoms with Crippen molar-refractivity contribution in [1.82, 2.24) is 0 Å². The summed E-state index contributed by atoms with van der Waals surface area (Å²) in [5, 5.41) is 0. The lowest BCUT2D eigenvalue weighted by molar-refractivity contribution is -0.147. The summed E-state index contributed by atoms with van der Waals surface area (Å²) in [6.07, 6.45) is 2.98. The fourth-order valence-corrected chi connectivity index (χ4v) is 2.78. The minimum absolute atomic E-state index is 0.0348. The Hall–Kier alpha value is -0.570. The van der Waals surface area contributed by atoms with Gasteiger partial charge in [-0.25, -0.2) is 0 Å². The second-order valence-corrected chi connectivity index (χ2v) is 4.15. The van der Waals surface area contributed by atoms with Crippen LogP contribution in [0.1, 0.15) is 40.0 Å². The van der Waals surface area contributed by atoms with Crippen molar-refractivity contribution in [1.29, 1.82) is 0 Å². The third-order valence-electron chi connectivity index (χ3n) is 3.45. The summed E-state index contributed by atoms with van der Waals surface area (Å²) in [4.78, 5) is 11.7. The van der Waals surface area contributed by atoms with Gasteiger partial charge in [-0.3, -0.25) is 4.79 Å². The van der Waals surface area contributed by atoms with Crippen molar-refractivity contribution in [3.05, 3.63) is 0 Å². The highest BCUT2D eigenvalue weighted by molar-refractivity contribution is 5.78. The summed E-state index contributed by atoms with van der Waals surface area (Å²) in [5.41, 5.74) is -0.226. The average molecular weight is 214 g/mol. The third kappa shape index (κ3) is 2.03. The van der Waals surface area contributed by atoms with Crippen LogP contribution in [0.2, 0.25) is 0 Å². The van der Waals surface area contributed by atoms with Crippen molar-refractivity contribution < 1.29 is 14.3 Å². The Bertz CT molecular complexity index is 227. The van der Waals surface area contributed by atoms with E-state index in [-0.39, 0.29) is 17.5 Å². The highest BCUT2D eigenvalue weighted by Crippen LogP contribution is 2.58. The molecule has 0 N–H and O–H groups in total. The second kappa shape index (κ2) is 4.97. The molecule has 0 spiro atoms. The Balaban J connectivity index is 2.69. The summed E-state index contributed by atoms with van der Waals surface area (Å²) < 4.78 is 10.7. The molecule has 0 aromatic carbocycles. The number of carbonyl (C=O) groups excluding carboxylic acids is 1. The van der Waals surface area contributed by atoms with Crippen LogP contribution in [0.5, 0.6) is 0 Å². The molecule has 0 saturated heterocycles. The lowest BCUT2D eigenvalue weighted by Gasteiger charge is -2.14. The summed E-state index contributed by atoms with van der Waals surface area (Å²) in [5.74, 6) is 0.230. The van der Waals surface area contributed by atoms with Gasteiger partial charge in [0.15, 0.2) is 0 Å². The van der Waals surface area contributed by atoms with Crippen molar-refractivity contribution in [2.75, 3.05) is 13.7 Å². The van der Waals surface area contributed by atoms with Gasteiger partial charge in [-0.1, -0.05) is 20.3 Å². The van der Waals surface area contributed by atoms with Crippen molar-refractivity contribution >= 4 is 5.97 Å². The van der Waals surface area contributed by atoms with Crippen LogP contribution in [0.25, 0.3) is 0 Å². The number of methoxy groups -OCH3 is 1. The van der Waals surface area contributed by atoms with E-state index in [1.807, 2.05) is 6.92 Å². The third-order valence-corrected chi connectivity index (χ3v) is 3.45. The van der Waals surface area contributed by atoms with Crippen LogP contribution in [0.15, 0.2) is 0 Å². The first-order valence-electron chi connectivity index (χ1n) is 5.89. The molecule has 3 heteroatoms. The molecule has 15 heavy (non-hydrogen) atoms. The van der Waals surface area contributed by atoms with E-state index >= 15 is 0 Å². The lowest BCUT2D eigenvalue weighted by Crippen LogP contribution is -2.21. The molecule has 0 aromatic heterocycles. The zero-order chi connectivity index (χ0) is 11.5. The van der Waals surface area contributed by atoms with Gasteiger partial charge in [0.1, 0.15) is 0 Å². The number of hydrogen-bond donors (Lipinski definition) is 0. The SMILES string of the molecule is CCCC1(OC)C(CC)C1C(=O)OCC. The Morgan fingerprint density at radius 1 is 1.33 bits per heavy atom. The first kappa shape index (κ1) is 12.5. The highest BCUT2D eigenvalue weighted by Gasteiger charge is 2.68. The quantitative estimate of drug-likeness (QED) is 0.637. The molecule has 0 aliphatic heterocycles. The van der Waals surface area contributed by atoms with Gasteiger partial charge >= 0.3 is 5.97 Å². The van der Waals surface area contributed by atoms with Gasteiger partial charge in [0.2, 0.25) is 0 Å². The van der Waals surface area contributed by atoms with E-state index in [0.29, 0.717) is 12.5 Å². The Kier molecular flexibility index (Phi) is 4.14. The van der Waals surface area contributed by atoms with Crippen LogP contribution in [-0.4, -0.2) is 25.3 Å². The van der Waals surface area contributed by atoms with Gasteiger partial charge in [-0.05, 0) is 19.8 Å². The predicted octanol–water partition coefficient (Wildman–Crippen LogP) is 2.39. The molecule has 0 bridgehead atoms. The predicted molar refractivity (Wildman–Crippen MR) is 58.6 cm³/mol. The zero-order valence-corrected chi connectivity index (χ0v) is 10.2. The first-order chi connectivity index (χ1) is 7.17. The van der Waals surface area contributed by atoms with E-state index in [9.17, 15) is 4.79 Å². The van der Waals surface area contributed by atoms with Crippen LogP contribution in [0, 0.1) is 11.8 Å². The van der Waals surface area contributed by atoms with Crippen LogP contribution in [0.4, 0.5) is 0 Å². The first-order valence-corrected chi connectivity index (χ1v) is 5.89. The number of esters is 1. The summed E-state index contributed by atoms with van der Waals surface area (Å²) in [7, 11) is 1.71. The monoisotopic (exact) mass is 214 g/mol. The topological polar surface area (TPSA) is 35.5 Å². The van der Waals surface area contributed by atoms with E-state index < -0.39 is 0 Å². The molecule has 0 amide bonds. The fraction of sp³-hybridized carbons (Fsp3) is 0.917. The Morgan fingerprint density at radius 2 is 2.00 bits per heavy atom. The molecule has 0 radical (unpaired) electrons. The molecule has 3 nitrogen and oxygen atoms in total. The summed E-state index contributed by atoms with van der Waals surface area (Å²) in [6.45, 7) is 6.52. The van der Waals surface area contributed by atoms with Crippen molar-refractivity contribution in [2.45, 2.75) is 45.6 Å². The van der Waals surface area contributed by atoms with Crippen LogP contribution < -0.4 is 0 Å². The molecule has 88 valence electrons. The van der Waals surface area contributed by atoms with E-state index in [1.165, 1.54) is 0 Å². The van der Waals surface area contributed by atoms with Crippen molar-refractivity contribution in [3.63, 3.8) is 0 Å². The van der Waals surface area contributed by atoms with Gasteiger partial charge in [-0.2, -0.15) is 0 Å². The van der Waals surface area contributed by atoms with Gasteiger partial charge in [0.25, 0.3) is 0 Å². The van der Waals surface area contributed by atoms with Crippen molar-refractivity contribution in [3.8, 4) is 0 Å². The standard InChI is InChI=1S/C12H22O3/c1-5-8-12(14-4)9(6-2)10(12)11(13)15-7-3/h9-10H,5-8H2,1-4H3. The highest BCUT2D eigenvalue weighted by atomic mass is 16.5. The van der Waals surface area contributed by atoms with E-state index in [0.717, 1.165) is 19.3 Å². The van der Waals surface area contributed by atoms with Crippen LogP contribution >= 0.6 is 0 Å². The molecular weight excluding hydrogens is 192 g/mol. The number of carbonyl (C=O) groups is 1. The van der Waals surface area contributed by atoms with Gasteiger partial charge in [0.05, 0.1) is 18.1 Å². The fourth-order valence-electron chi connectivity index (χ4n) is 2.78. The number of hydrogen-bond acceptors (Lipinski definition) is 3. The van der Waals surface area contributed by atoms with E-state index in [4.69, 9.17) is 9.47 Å². The van der Waals surface area contributed by atoms with Crippen LogP contribution in [-0.2, 0) is 14.3 Å². The van der Waals surface area contributed by atoms with E-state index in [2.05, 4.69) is 13.8 Å². The minimum Gasteiger partial charge on any atom is -0.466 e. The van der Waals surface area contributed by atoms with Gasteiger partial charge in [-0.15, -0.1) is 0 Å². The zero-order valence-electron chi connectivity index (χ0n) is 10.2. The maximum atomic E-state index is 11.7. The summed E-state index contributed by atoms with van der Waals surface area (Å²) in [6, 6.07) is 0. The number of ether oxygens (including phenoxy) is 2. The average Bonchev–Trinajstić information content (AvgIpc) is 2.87. The molecular formula is C12H22O3. The maximum absolute atomic E-state index is 11.7. The molecule has 0 heterocycles. The number of rotatable bonds is 6. The molecule has 1 fully saturated rings. The van der Waals surface area contributed by atoms with Crippen molar-refractivity contribution in [2.24, 2.45) is 11.8 Å². The Labute approximate surface area is 92.1 Å². The Morgan fingerprint density at radius 3 is 2.40 bits per heavy atom. The largest absolute Gasteiger partial charge is 0.466 e. The minimum atomic E-state index is -0.226. The molecule has 3 atom stereocenters. The molecule has 1 rings (SSSR count). The molecule has 1 aliphatic carbocycles. The molecule has 0 aromatic rings. The second-order valence-electron chi connectivity index (χ2n) is 4.15. The molecule has 3 unspecified atom stereocenters. The van der Waals surface area contributed by atoms with Crippen LogP contribution in [0.3, 0.4) is 0 Å². The molecule has 1 saturated carbocycles. The smallest absolute Gasteiger partial charge is 0.312 e. The van der Waals surface area contributed by atoms with Gasteiger partial charge in [0, 0.05) is 13.0 Å². The molecule has 1 aliphatic rings.